The standard InChI is InChI=1S/C17H22N2/c1-2-11-19-12-15(14-7-3-4-8-16(14)19)17(13-18)9-5-6-10-17/h2-4,7-8,12H,1,5-6,9-11,13,18H2. The first-order valence-electron chi connectivity index (χ1n) is 7.20. The number of para-hydroxylation sites is 1. The maximum atomic E-state index is 6.15. The Morgan fingerprint density at radius 3 is 2.68 bits per heavy atom. The van der Waals surface area contributed by atoms with Gasteiger partial charge in [-0.3, -0.25) is 0 Å². The highest BCUT2D eigenvalue weighted by Crippen LogP contribution is 2.43. The molecule has 0 saturated heterocycles. The number of hydrogen-bond acceptors (Lipinski definition) is 1. The third kappa shape index (κ3) is 1.91. The fourth-order valence-corrected chi connectivity index (χ4v) is 3.59. The summed E-state index contributed by atoms with van der Waals surface area (Å²) in [5.41, 5.74) is 9.10. The van der Waals surface area contributed by atoms with Crippen molar-refractivity contribution in [3.8, 4) is 0 Å². The van der Waals surface area contributed by atoms with E-state index in [0.29, 0.717) is 0 Å². The summed E-state index contributed by atoms with van der Waals surface area (Å²) in [6.45, 7) is 5.48. The van der Waals surface area contributed by atoms with Gasteiger partial charge < -0.3 is 10.3 Å². The van der Waals surface area contributed by atoms with Gasteiger partial charge in [0.2, 0.25) is 0 Å². The lowest BCUT2D eigenvalue weighted by Gasteiger charge is -2.27. The Hall–Kier alpha value is -1.54. The van der Waals surface area contributed by atoms with Gasteiger partial charge in [0.1, 0.15) is 0 Å². The van der Waals surface area contributed by atoms with E-state index in [2.05, 4.69) is 41.6 Å². The second-order valence-corrected chi connectivity index (χ2v) is 5.69. The lowest BCUT2D eigenvalue weighted by atomic mass is 9.79. The Bertz CT molecular complexity index is 588. The quantitative estimate of drug-likeness (QED) is 0.830. The van der Waals surface area contributed by atoms with Crippen LogP contribution >= 0.6 is 0 Å². The van der Waals surface area contributed by atoms with Crippen LogP contribution in [-0.4, -0.2) is 11.1 Å². The van der Waals surface area contributed by atoms with E-state index >= 15 is 0 Å². The second kappa shape index (κ2) is 4.86. The van der Waals surface area contributed by atoms with Gasteiger partial charge >= 0.3 is 0 Å². The minimum absolute atomic E-state index is 0.200. The van der Waals surface area contributed by atoms with Gasteiger partial charge in [0.05, 0.1) is 0 Å². The predicted octanol–water partition coefficient (Wildman–Crippen LogP) is 3.60. The molecule has 1 saturated carbocycles. The molecule has 1 aromatic heterocycles. The van der Waals surface area contributed by atoms with Crippen LogP contribution in [0.2, 0.25) is 0 Å². The number of allylic oxidation sites excluding steroid dienone is 1. The zero-order valence-corrected chi connectivity index (χ0v) is 11.4. The highest BCUT2D eigenvalue weighted by Gasteiger charge is 2.36. The molecule has 0 radical (unpaired) electrons. The molecule has 0 unspecified atom stereocenters. The van der Waals surface area contributed by atoms with Gasteiger partial charge in [-0.2, -0.15) is 0 Å². The van der Waals surface area contributed by atoms with Crippen LogP contribution in [-0.2, 0) is 12.0 Å². The summed E-state index contributed by atoms with van der Waals surface area (Å²) in [4.78, 5) is 0. The zero-order valence-electron chi connectivity index (χ0n) is 11.4. The van der Waals surface area contributed by atoms with Gasteiger partial charge in [-0.25, -0.2) is 0 Å². The van der Waals surface area contributed by atoms with Crippen molar-refractivity contribution in [2.45, 2.75) is 37.6 Å². The molecule has 0 aliphatic heterocycles. The Morgan fingerprint density at radius 1 is 1.26 bits per heavy atom. The van der Waals surface area contributed by atoms with Crippen molar-refractivity contribution in [2.24, 2.45) is 5.73 Å². The topological polar surface area (TPSA) is 30.9 Å². The number of rotatable bonds is 4. The maximum Gasteiger partial charge on any atom is 0.0486 e. The van der Waals surface area contributed by atoms with Gasteiger partial charge in [0.15, 0.2) is 0 Å². The molecule has 2 nitrogen and oxygen atoms in total. The van der Waals surface area contributed by atoms with Crippen molar-refractivity contribution < 1.29 is 0 Å². The molecule has 0 bridgehead atoms. The summed E-state index contributed by atoms with van der Waals surface area (Å²) in [5.74, 6) is 0. The first kappa shape index (κ1) is 12.5. The fourth-order valence-electron chi connectivity index (χ4n) is 3.59. The van der Waals surface area contributed by atoms with Crippen molar-refractivity contribution >= 4 is 10.9 Å². The molecule has 1 aliphatic rings. The van der Waals surface area contributed by atoms with Crippen LogP contribution in [0.25, 0.3) is 10.9 Å². The molecule has 3 rings (SSSR count). The second-order valence-electron chi connectivity index (χ2n) is 5.69. The SMILES string of the molecule is C=CCn1cc(C2(CN)CCCC2)c2ccccc21. The number of nitrogens with zero attached hydrogens (tertiary/aromatic N) is 1. The van der Waals surface area contributed by atoms with E-state index in [1.165, 1.54) is 42.1 Å². The molecule has 1 aromatic carbocycles. The number of nitrogens with two attached hydrogens (primary N) is 1. The van der Waals surface area contributed by atoms with Crippen LogP contribution < -0.4 is 5.73 Å². The average molecular weight is 254 g/mol. The molecular formula is C17H22N2. The third-order valence-electron chi connectivity index (χ3n) is 4.64. The molecule has 2 N–H and O–H groups in total. The van der Waals surface area contributed by atoms with Gasteiger partial charge in [-0.1, -0.05) is 37.1 Å². The van der Waals surface area contributed by atoms with E-state index in [9.17, 15) is 0 Å². The van der Waals surface area contributed by atoms with E-state index in [0.717, 1.165) is 13.1 Å². The number of fused-ring (bicyclic) bond motifs is 1. The van der Waals surface area contributed by atoms with Crippen LogP contribution in [0.15, 0.2) is 43.1 Å². The number of aromatic nitrogens is 1. The smallest absolute Gasteiger partial charge is 0.0486 e. The molecule has 0 spiro atoms. The van der Waals surface area contributed by atoms with E-state index in [-0.39, 0.29) is 5.41 Å². The average Bonchev–Trinajstić information content (AvgIpc) is 3.05. The molecule has 1 fully saturated rings. The summed E-state index contributed by atoms with van der Waals surface area (Å²) in [6, 6.07) is 8.67. The van der Waals surface area contributed by atoms with Crippen LogP contribution in [0.4, 0.5) is 0 Å². The lowest BCUT2D eigenvalue weighted by molar-refractivity contribution is 0.455. The van der Waals surface area contributed by atoms with Gasteiger partial charge in [0.25, 0.3) is 0 Å². The van der Waals surface area contributed by atoms with Crippen LogP contribution in [0.5, 0.6) is 0 Å². The van der Waals surface area contributed by atoms with Gasteiger partial charge in [-0.05, 0) is 24.5 Å². The minimum atomic E-state index is 0.200. The summed E-state index contributed by atoms with van der Waals surface area (Å²) in [7, 11) is 0. The van der Waals surface area contributed by atoms with Crippen molar-refractivity contribution in [1.29, 1.82) is 0 Å². The summed E-state index contributed by atoms with van der Waals surface area (Å²) >= 11 is 0. The van der Waals surface area contributed by atoms with Crippen molar-refractivity contribution in [3.63, 3.8) is 0 Å². The first-order valence-corrected chi connectivity index (χ1v) is 7.20. The molecule has 2 aromatic rings. The van der Waals surface area contributed by atoms with Crippen LogP contribution in [0.1, 0.15) is 31.2 Å². The Balaban J connectivity index is 2.20. The molecule has 19 heavy (non-hydrogen) atoms. The molecular weight excluding hydrogens is 232 g/mol. The summed E-state index contributed by atoms with van der Waals surface area (Å²) in [6.07, 6.45) is 9.33. The van der Waals surface area contributed by atoms with Crippen molar-refractivity contribution in [3.05, 3.63) is 48.7 Å². The molecule has 100 valence electrons. The fraction of sp³-hybridized carbons (Fsp3) is 0.412. The Morgan fingerprint density at radius 2 is 2.00 bits per heavy atom. The zero-order chi connectivity index (χ0) is 13.3. The predicted molar refractivity (Wildman–Crippen MR) is 81.3 cm³/mol. The van der Waals surface area contributed by atoms with Gasteiger partial charge in [-0.15, -0.1) is 6.58 Å². The highest BCUT2D eigenvalue weighted by molar-refractivity contribution is 5.85. The largest absolute Gasteiger partial charge is 0.343 e. The molecule has 1 heterocycles. The minimum Gasteiger partial charge on any atom is -0.343 e. The van der Waals surface area contributed by atoms with E-state index in [4.69, 9.17) is 5.73 Å². The van der Waals surface area contributed by atoms with Crippen LogP contribution in [0.3, 0.4) is 0 Å². The van der Waals surface area contributed by atoms with Crippen molar-refractivity contribution in [2.75, 3.05) is 6.54 Å². The Labute approximate surface area is 114 Å². The number of benzene rings is 1. The first-order chi connectivity index (χ1) is 9.30. The molecule has 0 atom stereocenters. The Kier molecular flexibility index (Phi) is 3.19. The third-order valence-corrected chi connectivity index (χ3v) is 4.64. The molecule has 0 amide bonds. The van der Waals surface area contributed by atoms with E-state index < -0.39 is 0 Å². The van der Waals surface area contributed by atoms with E-state index in [1.54, 1.807) is 0 Å². The lowest BCUT2D eigenvalue weighted by Crippen LogP contribution is -2.31. The maximum absolute atomic E-state index is 6.15. The summed E-state index contributed by atoms with van der Waals surface area (Å²) < 4.78 is 2.30. The number of hydrogen-bond donors (Lipinski definition) is 1. The normalized spacial score (nSPS) is 17.9. The van der Waals surface area contributed by atoms with Crippen molar-refractivity contribution in [1.82, 2.24) is 4.57 Å². The van der Waals surface area contributed by atoms with E-state index in [1.807, 2.05) is 6.08 Å². The summed E-state index contributed by atoms with van der Waals surface area (Å²) in [5, 5.41) is 1.37. The van der Waals surface area contributed by atoms with Gasteiger partial charge in [0, 0.05) is 35.6 Å². The highest BCUT2D eigenvalue weighted by atomic mass is 15.0. The van der Waals surface area contributed by atoms with Crippen LogP contribution in [0, 0.1) is 0 Å². The molecule has 1 aliphatic carbocycles. The molecule has 2 heteroatoms. The monoisotopic (exact) mass is 254 g/mol.